The lowest BCUT2D eigenvalue weighted by Gasteiger charge is -2.35. The van der Waals surface area contributed by atoms with Crippen LogP contribution in [0.4, 0.5) is 0 Å². The Balaban J connectivity index is 1.10. The second-order valence-electron chi connectivity index (χ2n) is 9.10. The van der Waals surface area contributed by atoms with Gasteiger partial charge in [0.2, 0.25) is 5.91 Å². The molecule has 1 aromatic carbocycles. The van der Waals surface area contributed by atoms with E-state index in [1.807, 2.05) is 24.1 Å². The SMILES string of the molecule is CN=C(NCCCC(=O)N1Cc2ccccc2C1)N1CCC(OCC2CCCCO2)CC1. The summed E-state index contributed by atoms with van der Waals surface area (Å²) < 4.78 is 11.9. The van der Waals surface area contributed by atoms with Crippen molar-refractivity contribution in [2.24, 2.45) is 4.99 Å². The summed E-state index contributed by atoms with van der Waals surface area (Å²) in [6.07, 6.45) is 7.58. The zero-order chi connectivity index (χ0) is 22.2. The van der Waals surface area contributed by atoms with Crippen molar-refractivity contribution in [3.63, 3.8) is 0 Å². The average Bonchev–Trinajstić information content (AvgIpc) is 3.28. The van der Waals surface area contributed by atoms with Crippen molar-refractivity contribution in [2.75, 3.05) is 39.9 Å². The predicted octanol–water partition coefficient (Wildman–Crippen LogP) is 2.93. The van der Waals surface area contributed by atoms with Crippen LogP contribution < -0.4 is 5.32 Å². The minimum atomic E-state index is 0.234. The fourth-order valence-corrected chi connectivity index (χ4v) is 4.86. The Morgan fingerprint density at radius 1 is 1.12 bits per heavy atom. The largest absolute Gasteiger partial charge is 0.376 e. The van der Waals surface area contributed by atoms with Crippen LogP contribution in [-0.4, -0.2) is 73.8 Å². The summed E-state index contributed by atoms with van der Waals surface area (Å²) in [4.78, 5) is 21.3. The fourth-order valence-electron chi connectivity index (χ4n) is 4.86. The van der Waals surface area contributed by atoms with Crippen molar-refractivity contribution in [3.05, 3.63) is 35.4 Å². The summed E-state index contributed by atoms with van der Waals surface area (Å²) in [5.74, 6) is 1.16. The third-order valence-corrected chi connectivity index (χ3v) is 6.79. The number of hydrogen-bond donors (Lipinski definition) is 1. The first kappa shape index (κ1) is 23.1. The highest BCUT2D eigenvalue weighted by atomic mass is 16.5. The van der Waals surface area contributed by atoms with Crippen molar-refractivity contribution in [1.29, 1.82) is 0 Å². The average molecular weight is 443 g/mol. The zero-order valence-electron chi connectivity index (χ0n) is 19.4. The molecule has 1 atom stereocenters. The highest BCUT2D eigenvalue weighted by Crippen LogP contribution is 2.23. The van der Waals surface area contributed by atoms with Crippen molar-refractivity contribution < 1.29 is 14.3 Å². The number of likely N-dealkylation sites (tertiary alicyclic amines) is 1. The van der Waals surface area contributed by atoms with Crippen molar-refractivity contribution in [1.82, 2.24) is 15.1 Å². The second-order valence-corrected chi connectivity index (χ2v) is 9.10. The van der Waals surface area contributed by atoms with Crippen LogP contribution in [-0.2, 0) is 27.4 Å². The van der Waals surface area contributed by atoms with Gasteiger partial charge >= 0.3 is 0 Å². The molecule has 0 aromatic heterocycles. The van der Waals surface area contributed by atoms with E-state index >= 15 is 0 Å². The van der Waals surface area contributed by atoms with Gasteiger partial charge in [-0.05, 0) is 49.7 Å². The third kappa shape index (κ3) is 6.23. The summed E-state index contributed by atoms with van der Waals surface area (Å²) in [5.41, 5.74) is 2.55. The van der Waals surface area contributed by atoms with Crippen molar-refractivity contribution in [3.8, 4) is 0 Å². The number of amides is 1. The van der Waals surface area contributed by atoms with Crippen LogP contribution in [0.25, 0.3) is 0 Å². The maximum absolute atomic E-state index is 12.6. The number of piperidine rings is 1. The number of carbonyl (C=O) groups excluding carboxylic acids is 1. The van der Waals surface area contributed by atoms with Gasteiger partial charge in [-0.15, -0.1) is 0 Å². The summed E-state index contributed by atoms with van der Waals surface area (Å²) >= 11 is 0. The molecule has 0 radical (unpaired) electrons. The molecule has 3 heterocycles. The highest BCUT2D eigenvalue weighted by Gasteiger charge is 2.24. The van der Waals surface area contributed by atoms with Gasteiger partial charge in [0, 0.05) is 52.8 Å². The highest BCUT2D eigenvalue weighted by molar-refractivity contribution is 5.80. The second kappa shape index (κ2) is 11.7. The van der Waals surface area contributed by atoms with E-state index in [9.17, 15) is 4.79 Å². The Hall–Kier alpha value is -2.12. The molecule has 7 nitrogen and oxygen atoms in total. The summed E-state index contributed by atoms with van der Waals surface area (Å²) in [6, 6.07) is 8.32. The molecule has 3 aliphatic rings. The molecule has 1 N–H and O–H groups in total. The smallest absolute Gasteiger partial charge is 0.223 e. The van der Waals surface area contributed by atoms with E-state index in [1.54, 1.807) is 0 Å². The fraction of sp³-hybridized carbons (Fsp3) is 0.680. The molecule has 3 aliphatic heterocycles. The number of fused-ring (bicyclic) bond motifs is 1. The van der Waals surface area contributed by atoms with E-state index in [1.165, 1.54) is 24.0 Å². The number of nitrogens with zero attached hydrogens (tertiary/aromatic N) is 3. The minimum Gasteiger partial charge on any atom is -0.376 e. The first-order chi connectivity index (χ1) is 15.7. The van der Waals surface area contributed by atoms with Crippen LogP contribution in [0, 0.1) is 0 Å². The minimum absolute atomic E-state index is 0.234. The molecule has 2 fully saturated rings. The molecule has 1 unspecified atom stereocenters. The van der Waals surface area contributed by atoms with Crippen LogP contribution >= 0.6 is 0 Å². The molecule has 0 bridgehead atoms. The van der Waals surface area contributed by atoms with E-state index < -0.39 is 0 Å². The summed E-state index contributed by atoms with van der Waals surface area (Å²) in [7, 11) is 1.83. The number of hydrogen-bond acceptors (Lipinski definition) is 4. The first-order valence-corrected chi connectivity index (χ1v) is 12.3. The van der Waals surface area contributed by atoms with Crippen LogP contribution in [0.1, 0.15) is 56.1 Å². The number of nitrogens with one attached hydrogen (secondary N) is 1. The van der Waals surface area contributed by atoms with E-state index in [-0.39, 0.29) is 12.0 Å². The maximum atomic E-state index is 12.6. The van der Waals surface area contributed by atoms with Crippen LogP contribution in [0.5, 0.6) is 0 Å². The van der Waals surface area contributed by atoms with E-state index in [4.69, 9.17) is 9.47 Å². The molecule has 32 heavy (non-hydrogen) atoms. The number of carbonyl (C=O) groups is 1. The van der Waals surface area contributed by atoms with Gasteiger partial charge in [-0.25, -0.2) is 0 Å². The van der Waals surface area contributed by atoms with E-state index in [0.717, 1.165) is 77.6 Å². The standard InChI is InChI=1S/C25H38N4O3/c1-26-25(28-14-11-22(12-15-28)32-19-23-9-4-5-16-31-23)27-13-6-10-24(30)29-17-20-7-2-3-8-21(20)18-29/h2-3,7-8,22-23H,4-6,9-19H2,1H3,(H,26,27). The lowest BCUT2D eigenvalue weighted by Crippen LogP contribution is -2.47. The summed E-state index contributed by atoms with van der Waals surface area (Å²) in [5, 5.41) is 3.45. The Bertz CT molecular complexity index is 745. The monoisotopic (exact) mass is 442 g/mol. The molecule has 4 rings (SSSR count). The number of benzene rings is 1. The topological polar surface area (TPSA) is 66.4 Å². The van der Waals surface area contributed by atoms with Gasteiger partial charge in [0.15, 0.2) is 5.96 Å². The molecule has 7 heteroatoms. The predicted molar refractivity (Wildman–Crippen MR) is 125 cm³/mol. The van der Waals surface area contributed by atoms with Gasteiger partial charge in [0.25, 0.3) is 0 Å². The maximum Gasteiger partial charge on any atom is 0.223 e. The van der Waals surface area contributed by atoms with Crippen molar-refractivity contribution >= 4 is 11.9 Å². The van der Waals surface area contributed by atoms with E-state index in [0.29, 0.717) is 12.5 Å². The van der Waals surface area contributed by atoms with Gasteiger partial charge in [-0.1, -0.05) is 24.3 Å². The molecule has 1 aromatic rings. The first-order valence-electron chi connectivity index (χ1n) is 12.3. The van der Waals surface area contributed by atoms with Gasteiger partial charge in [-0.2, -0.15) is 0 Å². The Morgan fingerprint density at radius 3 is 2.53 bits per heavy atom. The van der Waals surface area contributed by atoms with Gasteiger partial charge in [0.05, 0.1) is 18.8 Å². The van der Waals surface area contributed by atoms with E-state index in [2.05, 4.69) is 27.3 Å². The van der Waals surface area contributed by atoms with Crippen molar-refractivity contribution in [2.45, 2.75) is 70.2 Å². The van der Waals surface area contributed by atoms with Gasteiger partial charge in [0.1, 0.15) is 0 Å². The molecular formula is C25H38N4O3. The molecule has 1 amide bonds. The zero-order valence-corrected chi connectivity index (χ0v) is 19.4. The Kier molecular flexibility index (Phi) is 8.40. The molecular weight excluding hydrogens is 404 g/mol. The normalized spacial score (nSPS) is 22.2. The summed E-state index contributed by atoms with van der Waals surface area (Å²) in [6.45, 7) is 5.75. The number of aliphatic imine (C=N–C) groups is 1. The van der Waals surface area contributed by atoms with Crippen LogP contribution in [0.2, 0.25) is 0 Å². The molecule has 0 saturated carbocycles. The number of rotatable bonds is 7. The Morgan fingerprint density at radius 2 is 1.88 bits per heavy atom. The molecule has 0 aliphatic carbocycles. The van der Waals surface area contributed by atoms with Gasteiger partial charge < -0.3 is 24.6 Å². The molecule has 176 valence electrons. The Labute approximate surface area is 192 Å². The lowest BCUT2D eigenvalue weighted by atomic mass is 10.1. The molecule has 2 saturated heterocycles. The van der Waals surface area contributed by atoms with Crippen LogP contribution in [0.15, 0.2) is 29.3 Å². The third-order valence-electron chi connectivity index (χ3n) is 6.79. The number of ether oxygens (including phenoxy) is 2. The lowest BCUT2D eigenvalue weighted by molar-refractivity contribution is -0.131. The van der Waals surface area contributed by atoms with Crippen LogP contribution in [0.3, 0.4) is 0 Å². The van der Waals surface area contributed by atoms with Gasteiger partial charge in [-0.3, -0.25) is 9.79 Å². The number of guanidine groups is 1. The molecule has 0 spiro atoms. The quantitative estimate of drug-likeness (QED) is 0.400.